The molecule has 0 radical (unpaired) electrons. The number of amides is 3. The molecule has 0 saturated carbocycles. The van der Waals surface area contributed by atoms with Gasteiger partial charge in [0.2, 0.25) is 5.91 Å². The maximum atomic E-state index is 14.1. The summed E-state index contributed by atoms with van der Waals surface area (Å²) in [5.74, 6) is -13.1. The Morgan fingerprint density at radius 2 is 1.41 bits per heavy atom. The van der Waals surface area contributed by atoms with Gasteiger partial charge in [0.25, 0.3) is 11.8 Å². The van der Waals surface area contributed by atoms with Crippen molar-refractivity contribution >= 4 is 46.9 Å². The highest BCUT2D eigenvalue weighted by Gasteiger charge is 2.42. The maximum Gasteiger partial charge on any atom is 0.422 e. The van der Waals surface area contributed by atoms with Gasteiger partial charge >= 0.3 is 6.18 Å². The summed E-state index contributed by atoms with van der Waals surface area (Å²) in [4.78, 5) is 38.6. The number of rotatable bonds is 9. The number of thioether (sulfide) groups is 1. The van der Waals surface area contributed by atoms with Gasteiger partial charge in [-0.25, -0.2) is 17.6 Å². The number of alkyl halides is 3. The number of benzene rings is 4. The second-order valence-electron chi connectivity index (χ2n) is 9.61. The standard InChI is InChI=1S/C32H22F7N3O3S/c1-17-6-5-7-18(14-17)15-22(41-30(44)19-8-3-2-4-9-19)31(45)40-20-10-12-21(13-11-20)46-16-23(43)42-29-27(35)25(33)24(32(37,38)39)26(34)28(29)36/h2-15H,16H2,1H3,(H,40,45)(H,41,44)(H,42,43)/b22-15-. The molecule has 0 aromatic heterocycles. The van der Waals surface area contributed by atoms with Crippen LogP contribution in [-0.2, 0) is 15.8 Å². The minimum absolute atomic E-state index is 0.0508. The molecule has 238 valence electrons. The first-order chi connectivity index (χ1) is 21.7. The van der Waals surface area contributed by atoms with Crippen LogP contribution in [0.5, 0.6) is 0 Å². The Hall–Kier alpha value is -5.11. The first-order valence-corrected chi connectivity index (χ1v) is 14.1. The lowest BCUT2D eigenvalue weighted by Crippen LogP contribution is -2.30. The summed E-state index contributed by atoms with van der Waals surface area (Å²) in [6.07, 6.45) is -4.21. The topological polar surface area (TPSA) is 87.3 Å². The van der Waals surface area contributed by atoms with E-state index in [0.717, 1.165) is 17.3 Å². The van der Waals surface area contributed by atoms with E-state index in [4.69, 9.17) is 0 Å². The molecule has 6 nitrogen and oxygen atoms in total. The van der Waals surface area contributed by atoms with Crippen LogP contribution < -0.4 is 16.0 Å². The molecular weight excluding hydrogens is 639 g/mol. The number of hydrogen-bond donors (Lipinski definition) is 3. The van der Waals surface area contributed by atoms with Crippen molar-refractivity contribution in [2.24, 2.45) is 0 Å². The Bertz CT molecular complexity index is 1780. The molecule has 0 spiro atoms. The van der Waals surface area contributed by atoms with E-state index in [0.29, 0.717) is 21.7 Å². The third kappa shape index (κ3) is 8.33. The van der Waals surface area contributed by atoms with Crippen molar-refractivity contribution in [2.75, 3.05) is 16.4 Å². The van der Waals surface area contributed by atoms with Gasteiger partial charge < -0.3 is 16.0 Å². The van der Waals surface area contributed by atoms with Crippen LogP contribution in [0.15, 0.2) is 89.5 Å². The van der Waals surface area contributed by atoms with Crippen molar-refractivity contribution < 1.29 is 45.1 Å². The smallest absolute Gasteiger partial charge is 0.321 e. The highest BCUT2D eigenvalue weighted by molar-refractivity contribution is 8.00. The quantitative estimate of drug-likeness (QED) is 0.0743. The minimum atomic E-state index is -5.71. The summed E-state index contributed by atoms with van der Waals surface area (Å²) in [7, 11) is 0. The van der Waals surface area contributed by atoms with Gasteiger partial charge in [0.1, 0.15) is 16.9 Å². The molecule has 3 N–H and O–H groups in total. The van der Waals surface area contributed by atoms with Gasteiger partial charge in [-0.3, -0.25) is 14.4 Å². The average molecular weight is 662 g/mol. The lowest BCUT2D eigenvalue weighted by Gasteiger charge is -2.14. The van der Waals surface area contributed by atoms with Crippen LogP contribution >= 0.6 is 11.8 Å². The summed E-state index contributed by atoms with van der Waals surface area (Å²) >= 11 is 0.813. The van der Waals surface area contributed by atoms with Crippen LogP contribution in [-0.4, -0.2) is 23.5 Å². The lowest BCUT2D eigenvalue weighted by molar-refractivity contribution is -0.143. The SMILES string of the molecule is Cc1cccc(/C=C(\NC(=O)c2ccccc2)C(=O)Nc2ccc(SCC(=O)Nc3c(F)c(F)c(C(F)(F)F)c(F)c3F)cc2)c1. The molecule has 0 heterocycles. The summed E-state index contributed by atoms with van der Waals surface area (Å²) in [6.45, 7) is 1.87. The average Bonchev–Trinajstić information content (AvgIpc) is 3.01. The normalized spacial score (nSPS) is 11.6. The van der Waals surface area contributed by atoms with Crippen LogP contribution in [0.3, 0.4) is 0 Å². The highest BCUT2D eigenvalue weighted by atomic mass is 32.2. The van der Waals surface area contributed by atoms with E-state index in [1.807, 2.05) is 19.1 Å². The van der Waals surface area contributed by atoms with Gasteiger partial charge in [-0.2, -0.15) is 13.2 Å². The fourth-order valence-corrected chi connectivity index (χ4v) is 4.72. The molecule has 0 unspecified atom stereocenters. The molecule has 0 aliphatic carbocycles. The zero-order valence-corrected chi connectivity index (χ0v) is 24.4. The molecule has 0 aliphatic heterocycles. The van der Waals surface area contributed by atoms with Gasteiger partial charge in [0, 0.05) is 16.1 Å². The molecular formula is C32H22F7N3O3S. The molecule has 46 heavy (non-hydrogen) atoms. The molecule has 4 aromatic rings. The second-order valence-corrected chi connectivity index (χ2v) is 10.7. The van der Waals surface area contributed by atoms with Crippen molar-refractivity contribution in [2.45, 2.75) is 18.0 Å². The second kappa shape index (κ2) is 14.3. The Morgan fingerprint density at radius 3 is 2.00 bits per heavy atom. The van der Waals surface area contributed by atoms with E-state index >= 15 is 0 Å². The van der Waals surface area contributed by atoms with E-state index < -0.39 is 64.2 Å². The molecule has 0 bridgehead atoms. The van der Waals surface area contributed by atoms with Crippen LogP contribution in [0.2, 0.25) is 0 Å². The Balaban J connectivity index is 1.42. The fraction of sp³-hybridized carbons (Fsp3) is 0.0938. The summed E-state index contributed by atoms with van der Waals surface area (Å²) in [5, 5.41) is 6.82. The number of carbonyl (C=O) groups is 3. The Kier molecular flexibility index (Phi) is 10.5. The monoisotopic (exact) mass is 661 g/mol. The van der Waals surface area contributed by atoms with Crippen LogP contribution in [0.4, 0.5) is 42.1 Å². The Morgan fingerprint density at radius 1 is 0.783 bits per heavy atom. The van der Waals surface area contributed by atoms with Gasteiger partial charge in [-0.1, -0.05) is 48.0 Å². The van der Waals surface area contributed by atoms with E-state index in [9.17, 15) is 45.1 Å². The predicted molar refractivity (Wildman–Crippen MR) is 159 cm³/mol. The van der Waals surface area contributed by atoms with Crippen molar-refractivity contribution in [3.05, 3.63) is 130 Å². The minimum Gasteiger partial charge on any atom is -0.321 e. The Labute approximate surface area is 261 Å². The first kappa shape index (κ1) is 33.8. The summed E-state index contributed by atoms with van der Waals surface area (Å²) in [6, 6.07) is 21.3. The van der Waals surface area contributed by atoms with Crippen LogP contribution in [0, 0.1) is 30.2 Å². The lowest BCUT2D eigenvalue weighted by atomic mass is 10.1. The molecule has 0 atom stereocenters. The predicted octanol–water partition coefficient (Wildman–Crippen LogP) is 7.71. The fourth-order valence-electron chi connectivity index (χ4n) is 4.02. The molecule has 4 rings (SSSR count). The zero-order chi connectivity index (χ0) is 33.6. The molecule has 0 fully saturated rings. The number of anilines is 2. The third-order valence-corrected chi connectivity index (χ3v) is 7.19. The molecule has 14 heteroatoms. The number of halogens is 7. The number of nitrogens with one attached hydrogen (secondary N) is 3. The van der Waals surface area contributed by atoms with Crippen LogP contribution in [0.25, 0.3) is 6.08 Å². The zero-order valence-electron chi connectivity index (χ0n) is 23.6. The van der Waals surface area contributed by atoms with E-state index in [-0.39, 0.29) is 5.70 Å². The molecule has 0 aliphatic rings. The van der Waals surface area contributed by atoms with Crippen molar-refractivity contribution in [3.63, 3.8) is 0 Å². The number of carbonyl (C=O) groups excluding carboxylic acids is 3. The van der Waals surface area contributed by atoms with Crippen LogP contribution in [0.1, 0.15) is 27.0 Å². The first-order valence-electron chi connectivity index (χ1n) is 13.2. The van der Waals surface area contributed by atoms with E-state index in [1.165, 1.54) is 30.3 Å². The van der Waals surface area contributed by atoms with Gasteiger partial charge in [-0.05, 0) is 55.0 Å². The molecule has 3 amide bonds. The maximum absolute atomic E-state index is 14.1. The summed E-state index contributed by atoms with van der Waals surface area (Å²) in [5.41, 5.74) is -2.29. The van der Waals surface area contributed by atoms with E-state index in [1.54, 1.807) is 47.8 Å². The highest BCUT2D eigenvalue weighted by Crippen LogP contribution is 2.38. The number of hydrogen-bond acceptors (Lipinski definition) is 4. The van der Waals surface area contributed by atoms with Crippen molar-refractivity contribution in [3.8, 4) is 0 Å². The van der Waals surface area contributed by atoms with Gasteiger partial charge in [-0.15, -0.1) is 11.8 Å². The van der Waals surface area contributed by atoms with Gasteiger partial charge in [0.05, 0.1) is 5.75 Å². The van der Waals surface area contributed by atoms with Crippen molar-refractivity contribution in [1.82, 2.24) is 5.32 Å². The molecule has 4 aromatic carbocycles. The molecule has 0 saturated heterocycles. The number of aryl methyl sites for hydroxylation is 1. The van der Waals surface area contributed by atoms with Gasteiger partial charge in [0.15, 0.2) is 23.3 Å². The summed E-state index contributed by atoms with van der Waals surface area (Å²) < 4.78 is 94.2. The largest absolute Gasteiger partial charge is 0.422 e. The van der Waals surface area contributed by atoms with E-state index in [2.05, 4.69) is 10.6 Å². The van der Waals surface area contributed by atoms with Crippen molar-refractivity contribution in [1.29, 1.82) is 0 Å². The third-order valence-electron chi connectivity index (χ3n) is 6.18.